The highest BCUT2D eigenvalue weighted by Crippen LogP contribution is 2.38. The van der Waals surface area contributed by atoms with Crippen molar-refractivity contribution in [3.05, 3.63) is 51.9 Å². The van der Waals surface area contributed by atoms with E-state index < -0.39 is 11.6 Å². The van der Waals surface area contributed by atoms with Gasteiger partial charge in [-0.15, -0.1) is 11.3 Å². The first kappa shape index (κ1) is 13.7. The zero-order chi connectivity index (χ0) is 15.3. The minimum Gasteiger partial charge on any atom is -0.369 e. The molecule has 3 nitrogen and oxygen atoms in total. The zero-order valence-electron chi connectivity index (χ0n) is 11.2. The van der Waals surface area contributed by atoms with Gasteiger partial charge in [-0.2, -0.15) is 5.10 Å². The second kappa shape index (κ2) is 5.07. The zero-order valence-corrected chi connectivity index (χ0v) is 12.8. The number of nitrogens with zero attached hydrogens (tertiary/aromatic N) is 2. The summed E-state index contributed by atoms with van der Waals surface area (Å²) in [5.74, 6) is -0.497. The molecule has 4 rings (SSSR count). The first-order chi connectivity index (χ1) is 10.6. The van der Waals surface area contributed by atoms with Gasteiger partial charge in [-0.3, -0.25) is 0 Å². The number of anilines is 1. The summed E-state index contributed by atoms with van der Waals surface area (Å²) < 4.78 is 29.4. The van der Waals surface area contributed by atoms with Crippen LogP contribution in [0.25, 0.3) is 16.3 Å². The lowest BCUT2D eigenvalue weighted by molar-refractivity contribution is 0.574. The van der Waals surface area contributed by atoms with Crippen molar-refractivity contribution in [2.75, 3.05) is 11.9 Å². The van der Waals surface area contributed by atoms with E-state index in [9.17, 15) is 8.78 Å². The van der Waals surface area contributed by atoms with Crippen LogP contribution in [0.15, 0.2) is 30.3 Å². The molecule has 112 valence electrons. The number of fused-ring (bicyclic) bond motifs is 1. The van der Waals surface area contributed by atoms with Crippen LogP contribution in [0.2, 0.25) is 4.34 Å². The van der Waals surface area contributed by atoms with Crippen molar-refractivity contribution in [2.45, 2.75) is 6.42 Å². The highest BCUT2D eigenvalue weighted by molar-refractivity contribution is 7.19. The first-order valence-electron chi connectivity index (χ1n) is 6.70. The Balaban J connectivity index is 1.91. The fourth-order valence-corrected chi connectivity index (χ4v) is 3.70. The summed E-state index contributed by atoms with van der Waals surface area (Å²) >= 11 is 7.42. The number of aromatic nitrogens is 2. The molecule has 0 radical (unpaired) electrons. The molecule has 0 spiro atoms. The number of hydrogen-bond donors (Lipinski definition) is 1. The third-order valence-electron chi connectivity index (χ3n) is 3.60. The molecule has 0 bridgehead atoms. The highest BCUT2D eigenvalue weighted by Gasteiger charge is 2.25. The van der Waals surface area contributed by atoms with Gasteiger partial charge in [0.2, 0.25) is 0 Å². The fraction of sp³-hybridized carbons (Fsp3) is 0.133. The predicted octanol–water partition coefficient (Wildman–Crippen LogP) is 4.50. The lowest BCUT2D eigenvalue weighted by atomic mass is 10.2. The quantitative estimate of drug-likeness (QED) is 0.746. The molecule has 0 aliphatic carbocycles. The summed E-state index contributed by atoms with van der Waals surface area (Å²) in [5.41, 5.74) is 2.05. The van der Waals surface area contributed by atoms with Gasteiger partial charge in [-0.05, 0) is 30.7 Å². The summed E-state index contributed by atoms with van der Waals surface area (Å²) in [6.07, 6.45) is 0.809. The molecule has 0 fully saturated rings. The Bertz CT molecular complexity index is 872. The van der Waals surface area contributed by atoms with Crippen molar-refractivity contribution < 1.29 is 8.78 Å². The molecule has 1 aliphatic heterocycles. The standard InChI is InChI=1S/C15H10ClF2N3S/c16-13-4-3-12(22-13)14-9-5-6-19-15(9)21(20-14)11-2-1-8(17)7-10(11)18/h1-4,7,19H,5-6H2. The Morgan fingerprint density at radius 2 is 2.09 bits per heavy atom. The van der Waals surface area contributed by atoms with Gasteiger partial charge in [-0.1, -0.05) is 11.6 Å². The largest absolute Gasteiger partial charge is 0.369 e. The van der Waals surface area contributed by atoms with Gasteiger partial charge >= 0.3 is 0 Å². The minimum absolute atomic E-state index is 0.223. The van der Waals surface area contributed by atoms with Crippen LogP contribution in [-0.4, -0.2) is 16.3 Å². The molecule has 0 saturated carbocycles. The summed E-state index contributed by atoms with van der Waals surface area (Å²) in [6.45, 7) is 0.766. The van der Waals surface area contributed by atoms with Gasteiger partial charge in [-0.25, -0.2) is 13.5 Å². The second-order valence-corrected chi connectivity index (χ2v) is 6.68. The number of hydrogen-bond acceptors (Lipinski definition) is 3. The minimum atomic E-state index is -0.644. The maximum absolute atomic E-state index is 14.1. The van der Waals surface area contributed by atoms with Gasteiger partial charge in [0, 0.05) is 18.2 Å². The van der Waals surface area contributed by atoms with E-state index in [2.05, 4.69) is 10.4 Å². The molecular weight excluding hydrogens is 328 g/mol. The maximum Gasteiger partial charge on any atom is 0.151 e. The monoisotopic (exact) mass is 337 g/mol. The van der Waals surface area contributed by atoms with Crippen molar-refractivity contribution in [2.24, 2.45) is 0 Å². The normalized spacial score (nSPS) is 13.2. The van der Waals surface area contributed by atoms with Crippen LogP contribution in [0.1, 0.15) is 5.56 Å². The van der Waals surface area contributed by atoms with Crippen molar-refractivity contribution in [1.29, 1.82) is 0 Å². The average molecular weight is 338 g/mol. The van der Waals surface area contributed by atoms with Crippen molar-refractivity contribution in [1.82, 2.24) is 9.78 Å². The lowest BCUT2D eigenvalue weighted by Gasteiger charge is -2.07. The summed E-state index contributed by atoms with van der Waals surface area (Å²) in [4.78, 5) is 0.936. The van der Waals surface area contributed by atoms with Gasteiger partial charge < -0.3 is 5.32 Å². The molecule has 0 atom stereocenters. The van der Waals surface area contributed by atoms with Crippen molar-refractivity contribution in [3.63, 3.8) is 0 Å². The lowest BCUT2D eigenvalue weighted by Crippen LogP contribution is -2.06. The fourth-order valence-electron chi connectivity index (χ4n) is 2.64. The molecule has 2 aromatic heterocycles. The first-order valence-corrected chi connectivity index (χ1v) is 7.90. The number of nitrogens with one attached hydrogen (secondary N) is 1. The molecule has 3 aromatic rings. The third-order valence-corrected chi connectivity index (χ3v) is 4.83. The summed E-state index contributed by atoms with van der Waals surface area (Å²) in [7, 11) is 0. The van der Waals surface area contributed by atoms with E-state index >= 15 is 0 Å². The van der Waals surface area contributed by atoms with Gasteiger partial charge in [0.05, 0.1) is 9.21 Å². The Hall–Kier alpha value is -1.92. The SMILES string of the molecule is Fc1ccc(-n2nc(-c3ccc(Cl)s3)c3c2NCC3)c(F)c1. The number of thiophene rings is 1. The van der Waals surface area contributed by atoms with E-state index in [1.54, 1.807) is 0 Å². The second-order valence-electron chi connectivity index (χ2n) is 4.96. The van der Waals surface area contributed by atoms with E-state index in [-0.39, 0.29) is 5.69 Å². The smallest absolute Gasteiger partial charge is 0.151 e. The van der Waals surface area contributed by atoms with Crippen LogP contribution < -0.4 is 5.32 Å². The topological polar surface area (TPSA) is 29.9 Å². The average Bonchev–Trinajstić information content (AvgIpc) is 3.15. The number of halogens is 3. The molecule has 1 N–H and O–H groups in total. The molecule has 22 heavy (non-hydrogen) atoms. The van der Waals surface area contributed by atoms with Crippen LogP contribution in [0.5, 0.6) is 0 Å². The number of benzene rings is 1. The number of rotatable bonds is 2. The van der Waals surface area contributed by atoms with E-state index in [0.717, 1.165) is 41.0 Å². The summed E-state index contributed by atoms with van der Waals surface area (Å²) in [5, 5.41) is 7.74. The van der Waals surface area contributed by atoms with Crippen LogP contribution in [0.3, 0.4) is 0 Å². The molecule has 1 aromatic carbocycles. The van der Waals surface area contributed by atoms with Gasteiger partial charge in [0.1, 0.15) is 23.0 Å². The molecule has 7 heteroatoms. The highest BCUT2D eigenvalue weighted by atomic mass is 35.5. The van der Waals surface area contributed by atoms with E-state index in [1.165, 1.54) is 28.2 Å². The Kier molecular flexibility index (Phi) is 3.16. The molecule has 0 amide bonds. The molecule has 0 unspecified atom stereocenters. The van der Waals surface area contributed by atoms with Gasteiger partial charge in [0.15, 0.2) is 5.82 Å². The van der Waals surface area contributed by atoms with E-state index in [4.69, 9.17) is 11.6 Å². The van der Waals surface area contributed by atoms with E-state index in [0.29, 0.717) is 4.34 Å². The third kappa shape index (κ3) is 2.10. The molecule has 3 heterocycles. The summed E-state index contributed by atoms with van der Waals surface area (Å²) in [6, 6.07) is 7.19. The Morgan fingerprint density at radius 3 is 2.82 bits per heavy atom. The molecule has 0 saturated heterocycles. The van der Waals surface area contributed by atoms with Gasteiger partial charge in [0.25, 0.3) is 0 Å². The maximum atomic E-state index is 14.1. The van der Waals surface area contributed by atoms with Crippen LogP contribution >= 0.6 is 22.9 Å². The van der Waals surface area contributed by atoms with E-state index in [1.807, 2.05) is 12.1 Å². The molecule has 1 aliphatic rings. The Morgan fingerprint density at radius 1 is 1.23 bits per heavy atom. The molecular formula is C15H10ClF2N3S. The van der Waals surface area contributed by atoms with Crippen molar-refractivity contribution in [3.8, 4) is 16.3 Å². The predicted molar refractivity (Wildman–Crippen MR) is 84.0 cm³/mol. The van der Waals surface area contributed by atoms with Crippen LogP contribution in [0.4, 0.5) is 14.6 Å². The Labute approximate surface area is 134 Å². The van der Waals surface area contributed by atoms with Crippen molar-refractivity contribution >= 4 is 28.8 Å². The van der Waals surface area contributed by atoms with Crippen LogP contribution in [0, 0.1) is 11.6 Å². The van der Waals surface area contributed by atoms with Crippen LogP contribution in [-0.2, 0) is 6.42 Å².